The largest absolute Gasteiger partial charge is 0.319 e. The maximum atomic E-state index is 12.9. The Morgan fingerprint density at radius 1 is 0.933 bits per heavy atom. The second kappa shape index (κ2) is 8.30. The predicted octanol–water partition coefficient (Wildman–Crippen LogP) is 6.11. The van der Waals surface area contributed by atoms with E-state index in [9.17, 15) is 4.79 Å². The maximum absolute atomic E-state index is 12.9. The van der Waals surface area contributed by atoms with Crippen LogP contribution in [0.1, 0.15) is 21.7 Å². The fraction of sp³-hybridized carbons (Fsp3) is 0.0870. The Balaban J connectivity index is 1.78. The average molecular weight is 437 g/mol. The first-order chi connectivity index (χ1) is 14.4. The van der Waals surface area contributed by atoms with E-state index < -0.39 is 5.91 Å². The standard InChI is InChI=1S/C23H18Cl2N4O/c1-14-5-3-8-19(11-14)29-22(16-6-4-7-17(24)12-16)27-21(28-29)23(30)26-20-13-18(25)10-9-15(20)2/h3-13H,1-2H3,(H,26,30). The zero-order valence-corrected chi connectivity index (χ0v) is 17.9. The van der Waals surface area contributed by atoms with Gasteiger partial charge >= 0.3 is 0 Å². The highest BCUT2D eigenvalue weighted by Crippen LogP contribution is 2.25. The molecular weight excluding hydrogens is 419 g/mol. The molecule has 0 unspecified atom stereocenters. The Morgan fingerprint density at radius 3 is 2.47 bits per heavy atom. The minimum absolute atomic E-state index is 0.0471. The van der Waals surface area contributed by atoms with Gasteiger partial charge in [0.2, 0.25) is 5.82 Å². The van der Waals surface area contributed by atoms with Crippen LogP contribution < -0.4 is 5.32 Å². The van der Waals surface area contributed by atoms with Gasteiger partial charge in [-0.15, -0.1) is 5.10 Å². The highest BCUT2D eigenvalue weighted by Gasteiger charge is 2.20. The number of halogens is 2. The molecule has 1 aromatic heterocycles. The van der Waals surface area contributed by atoms with Crippen LogP contribution >= 0.6 is 23.2 Å². The van der Waals surface area contributed by atoms with Crippen molar-refractivity contribution in [3.63, 3.8) is 0 Å². The van der Waals surface area contributed by atoms with Gasteiger partial charge in [0.25, 0.3) is 5.91 Å². The molecule has 7 heteroatoms. The molecule has 0 aliphatic carbocycles. The molecule has 0 saturated heterocycles. The van der Waals surface area contributed by atoms with E-state index in [-0.39, 0.29) is 5.82 Å². The van der Waals surface area contributed by atoms with Gasteiger partial charge in [0.15, 0.2) is 5.82 Å². The molecule has 5 nitrogen and oxygen atoms in total. The molecule has 0 aliphatic heterocycles. The molecule has 0 radical (unpaired) electrons. The van der Waals surface area contributed by atoms with Crippen molar-refractivity contribution in [2.75, 3.05) is 5.32 Å². The summed E-state index contributed by atoms with van der Waals surface area (Å²) in [5.41, 5.74) is 4.13. The number of aromatic nitrogens is 3. The number of rotatable bonds is 4. The number of amides is 1. The summed E-state index contributed by atoms with van der Waals surface area (Å²) < 4.78 is 1.65. The Morgan fingerprint density at radius 2 is 1.70 bits per heavy atom. The molecule has 0 atom stereocenters. The molecule has 4 aromatic rings. The van der Waals surface area contributed by atoms with Gasteiger partial charge in [0.1, 0.15) is 0 Å². The first-order valence-electron chi connectivity index (χ1n) is 9.28. The van der Waals surface area contributed by atoms with Crippen LogP contribution in [0.3, 0.4) is 0 Å². The lowest BCUT2D eigenvalue weighted by Gasteiger charge is -2.07. The fourth-order valence-corrected chi connectivity index (χ4v) is 3.43. The molecule has 150 valence electrons. The van der Waals surface area contributed by atoms with Gasteiger partial charge in [0.05, 0.1) is 5.69 Å². The number of nitrogens with one attached hydrogen (secondary N) is 1. The van der Waals surface area contributed by atoms with Crippen LogP contribution in [0.2, 0.25) is 10.0 Å². The number of benzene rings is 3. The van der Waals surface area contributed by atoms with Crippen LogP contribution in [0.4, 0.5) is 5.69 Å². The van der Waals surface area contributed by atoms with Crippen molar-refractivity contribution in [1.29, 1.82) is 0 Å². The number of hydrogen-bond donors (Lipinski definition) is 1. The molecule has 1 heterocycles. The summed E-state index contributed by atoms with van der Waals surface area (Å²) in [6.07, 6.45) is 0. The second-order valence-electron chi connectivity index (χ2n) is 6.93. The van der Waals surface area contributed by atoms with Gasteiger partial charge in [-0.1, -0.05) is 53.5 Å². The predicted molar refractivity (Wildman–Crippen MR) is 121 cm³/mol. The highest BCUT2D eigenvalue weighted by molar-refractivity contribution is 6.31. The molecule has 30 heavy (non-hydrogen) atoms. The molecule has 1 amide bonds. The Labute approximate surface area is 184 Å². The monoisotopic (exact) mass is 436 g/mol. The van der Waals surface area contributed by atoms with Crippen LogP contribution in [0, 0.1) is 13.8 Å². The summed E-state index contributed by atoms with van der Waals surface area (Å²) in [5.74, 6) is 0.150. The first kappa shape index (κ1) is 20.1. The van der Waals surface area contributed by atoms with Crippen LogP contribution in [-0.2, 0) is 0 Å². The molecule has 1 N–H and O–H groups in total. The minimum atomic E-state index is -0.421. The van der Waals surface area contributed by atoms with Crippen molar-refractivity contribution < 1.29 is 4.79 Å². The van der Waals surface area contributed by atoms with E-state index in [2.05, 4.69) is 15.4 Å². The number of nitrogens with zero attached hydrogens (tertiary/aromatic N) is 3. The van der Waals surface area contributed by atoms with Crippen molar-refractivity contribution in [2.45, 2.75) is 13.8 Å². The van der Waals surface area contributed by atoms with Crippen LogP contribution in [0.5, 0.6) is 0 Å². The number of carbonyl (C=O) groups excluding carboxylic acids is 1. The summed E-state index contributed by atoms with van der Waals surface area (Å²) in [6, 6.07) is 20.4. The van der Waals surface area contributed by atoms with Crippen LogP contribution in [0.25, 0.3) is 17.1 Å². The van der Waals surface area contributed by atoms with Gasteiger partial charge in [-0.25, -0.2) is 9.67 Å². The lowest BCUT2D eigenvalue weighted by Crippen LogP contribution is -2.15. The van der Waals surface area contributed by atoms with E-state index >= 15 is 0 Å². The zero-order chi connectivity index (χ0) is 21.3. The average Bonchev–Trinajstić information content (AvgIpc) is 3.16. The van der Waals surface area contributed by atoms with E-state index in [1.807, 2.05) is 56.3 Å². The number of carbonyl (C=O) groups is 1. The van der Waals surface area contributed by atoms with E-state index in [0.717, 1.165) is 22.4 Å². The van der Waals surface area contributed by atoms with E-state index in [1.54, 1.807) is 28.9 Å². The number of aryl methyl sites for hydroxylation is 2. The Hall–Kier alpha value is -3.15. The summed E-state index contributed by atoms with van der Waals surface area (Å²) in [7, 11) is 0. The van der Waals surface area contributed by atoms with Crippen LogP contribution in [-0.4, -0.2) is 20.7 Å². The lowest BCUT2D eigenvalue weighted by molar-refractivity contribution is 0.101. The normalized spacial score (nSPS) is 10.8. The van der Waals surface area contributed by atoms with Crippen molar-refractivity contribution >= 4 is 34.8 Å². The smallest absolute Gasteiger partial charge is 0.295 e. The van der Waals surface area contributed by atoms with Gasteiger partial charge < -0.3 is 5.32 Å². The zero-order valence-electron chi connectivity index (χ0n) is 16.4. The Bertz CT molecular complexity index is 1190. The van der Waals surface area contributed by atoms with Gasteiger partial charge in [-0.2, -0.15) is 0 Å². The number of hydrogen-bond acceptors (Lipinski definition) is 3. The van der Waals surface area contributed by atoms with Gasteiger partial charge in [0, 0.05) is 21.3 Å². The van der Waals surface area contributed by atoms with E-state index in [1.165, 1.54) is 0 Å². The van der Waals surface area contributed by atoms with Crippen molar-refractivity contribution in [3.05, 3.63) is 93.7 Å². The minimum Gasteiger partial charge on any atom is -0.319 e. The molecule has 4 rings (SSSR count). The Kier molecular flexibility index (Phi) is 5.57. The van der Waals surface area contributed by atoms with E-state index in [0.29, 0.717) is 21.6 Å². The summed E-state index contributed by atoms with van der Waals surface area (Å²) >= 11 is 12.2. The summed E-state index contributed by atoms with van der Waals surface area (Å²) in [5, 5.41) is 8.45. The second-order valence-corrected chi connectivity index (χ2v) is 7.81. The number of anilines is 1. The molecule has 0 bridgehead atoms. The molecule has 3 aromatic carbocycles. The van der Waals surface area contributed by atoms with Crippen molar-refractivity contribution in [1.82, 2.24) is 14.8 Å². The lowest BCUT2D eigenvalue weighted by atomic mass is 10.2. The van der Waals surface area contributed by atoms with Gasteiger partial charge in [-0.3, -0.25) is 4.79 Å². The fourth-order valence-electron chi connectivity index (χ4n) is 3.07. The third-order valence-corrected chi connectivity index (χ3v) is 5.06. The molecule has 0 saturated carbocycles. The topological polar surface area (TPSA) is 59.8 Å². The molecule has 0 fully saturated rings. The van der Waals surface area contributed by atoms with Gasteiger partial charge in [-0.05, 0) is 61.4 Å². The summed E-state index contributed by atoms with van der Waals surface area (Å²) in [4.78, 5) is 17.4. The van der Waals surface area contributed by atoms with Crippen molar-refractivity contribution in [3.8, 4) is 17.1 Å². The summed E-state index contributed by atoms with van der Waals surface area (Å²) in [6.45, 7) is 3.89. The third kappa shape index (κ3) is 4.22. The molecule has 0 spiro atoms. The highest BCUT2D eigenvalue weighted by atomic mass is 35.5. The quantitative estimate of drug-likeness (QED) is 0.419. The maximum Gasteiger partial charge on any atom is 0.295 e. The third-order valence-electron chi connectivity index (χ3n) is 4.59. The molecule has 0 aliphatic rings. The molecular formula is C23H18Cl2N4O. The van der Waals surface area contributed by atoms with Crippen LogP contribution in [0.15, 0.2) is 66.7 Å². The SMILES string of the molecule is Cc1cccc(-n2nc(C(=O)Nc3cc(Cl)ccc3C)nc2-c2cccc(Cl)c2)c1. The first-order valence-corrected chi connectivity index (χ1v) is 10.0. The van der Waals surface area contributed by atoms with E-state index in [4.69, 9.17) is 23.2 Å². The van der Waals surface area contributed by atoms with Crippen molar-refractivity contribution in [2.24, 2.45) is 0 Å².